The minimum absolute atomic E-state index is 0.0581. The average molecular weight is 347 g/mol. The molecule has 3 rings (SSSR count). The molecule has 0 aliphatic heterocycles. The fraction of sp³-hybridized carbons (Fsp3) is 0.333. The summed E-state index contributed by atoms with van der Waals surface area (Å²) in [7, 11) is 0. The fourth-order valence-electron chi connectivity index (χ4n) is 2.70. The standard InChI is InChI=1S/C18H19ClN2OS/c1-5-13-14(11-6-7-12(19)10(4)8-11)15-17(22)20-16(9(2)3)21-18(15)23-13/h6-9H,5H2,1-4H3,(H,20,21,22). The molecule has 2 aromatic heterocycles. The molecule has 1 N–H and O–H groups in total. The highest BCUT2D eigenvalue weighted by molar-refractivity contribution is 7.19. The molecule has 0 radical (unpaired) electrons. The van der Waals surface area contributed by atoms with Crippen molar-refractivity contribution in [3.8, 4) is 11.1 Å². The minimum Gasteiger partial charge on any atom is -0.310 e. The lowest BCUT2D eigenvalue weighted by molar-refractivity contribution is 0.778. The third-order valence-electron chi connectivity index (χ3n) is 3.97. The largest absolute Gasteiger partial charge is 0.310 e. The molecule has 23 heavy (non-hydrogen) atoms. The number of fused-ring (bicyclic) bond motifs is 1. The summed E-state index contributed by atoms with van der Waals surface area (Å²) in [4.78, 5) is 22.3. The molecule has 0 unspecified atom stereocenters. The predicted molar refractivity (Wildman–Crippen MR) is 98.9 cm³/mol. The van der Waals surface area contributed by atoms with Gasteiger partial charge in [0.25, 0.3) is 5.56 Å². The molecular weight excluding hydrogens is 328 g/mol. The third kappa shape index (κ3) is 2.81. The third-order valence-corrected chi connectivity index (χ3v) is 5.62. The molecule has 0 atom stereocenters. The summed E-state index contributed by atoms with van der Waals surface area (Å²) in [6.45, 7) is 8.14. The Morgan fingerprint density at radius 3 is 2.70 bits per heavy atom. The number of nitrogens with zero attached hydrogens (tertiary/aromatic N) is 1. The maximum Gasteiger partial charge on any atom is 0.260 e. The Morgan fingerprint density at radius 2 is 2.09 bits per heavy atom. The second-order valence-electron chi connectivity index (χ2n) is 6.00. The minimum atomic E-state index is -0.0581. The van der Waals surface area contributed by atoms with Gasteiger partial charge in [-0.2, -0.15) is 0 Å². The number of rotatable bonds is 3. The van der Waals surface area contributed by atoms with E-state index in [9.17, 15) is 4.79 Å². The van der Waals surface area contributed by atoms with Gasteiger partial charge < -0.3 is 4.98 Å². The van der Waals surface area contributed by atoms with Gasteiger partial charge in [-0.3, -0.25) is 4.79 Å². The normalized spacial score (nSPS) is 11.6. The first-order valence-electron chi connectivity index (χ1n) is 7.74. The smallest absolute Gasteiger partial charge is 0.260 e. The molecular formula is C18H19ClN2OS. The number of halogens is 1. The van der Waals surface area contributed by atoms with Crippen molar-refractivity contribution in [3.05, 3.63) is 49.8 Å². The number of benzene rings is 1. The Kier molecular flexibility index (Phi) is 4.30. The van der Waals surface area contributed by atoms with Crippen molar-refractivity contribution in [2.45, 2.75) is 40.0 Å². The van der Waals surface area contributed by atoms with Gasteiger partial charge in [0.05, 0.1) is 5.39 Å². The quantitative estimate of drug-likeness (QED) is 0.699. The van der Waals surface area contributed by atoms with E-state index in [1.165, 1.54) is 4.88 Å². The van der Waals surface area contributed by atoms with E-state index >= 15 is 0 Å². The molecule has 0 spiro atoms. The van der Waals surface area contributed by atoms with Crippen molar-refractivity contribution >= 4 is 33.2 Å². The van der Waals surface area contributed by atoms with Gasteiger partial charge in [-0.15, -0.1) is 11.3 Å². The van der Waals surface area contributed by atoms with E-state index in [4.69, 9.17) is 11.6 Å². The van der Waals surface area contributed by atoms with Gasteiger partial charge in [-0.05, 0) is 36.6 Å². The second kappa shape index (κ2) is 6.10. The Bertz CT molecular complexity index is 940. The van der Waals surface area contributed by atoms with Crippen LogP contribution in [-0.4, -0.2) is 9.97 Å². The van der Waals surface area contributed by atoms with Crippen LogP contribution in [0, 0.1) is 6.92 Å². The number of aromatic amines is 1. The Morgan fingerprint density at radius 1 is 1.35 bits per heavy atom. The van der Waals surface area contributed by atoms with Crippen molar-refractivity contribution in [3.63, 3.8) is 0 Å². The molecule has 5 heteroatoms. The van der Waals surface area contributed by atoms with E-state index < -0.39 is 0 Å². The first-order valence-corrected chi connectivity index (χ1v) is 8.94. The SMILES string of the molecule is CCc1sc2nc(C(C)C)[nH]c(=O)c2c1-c1ccc(Cl)c(C)c1. The van der Waals surface area contributed by atoms with E-state index in [0.717, 1.165) is 38.8 Å². The van der Waals surface area contributed by atoms with Crippen LogP contribution in [0.2, 0.25) is 5.02 Å². The van der Waals surface area contributed by atoms with Crippen LogP contribution in [0.15, 0.2) is 23.0 Å². The molecule has 120 valence electrons. The molecule has 2 heterocycles. The zero-order valence-electron chi connectivity index (χ0n) is 13.7. The van der Waals surface area contributed by atoms with Crippen LogP contribution in [-0.2, 0) is 6.42 Å². The molecule has 0 saturated heterocycles. The molecule has 3 aromatic rings. The predicted octanol–water partition coefficient (Wildman–Crippen LogP) is 5.30. The lowest BCUT2D eigenvalue weighted by atomic mass is 10.0. The van der Waals surface area contributed by atoms with Crippen LogP contribution in [0.3, 0.4) is 0 Å². The van der Waals surface area contributed by atoms with Gasteiger partial charge in [0.15, 0.2) is 0 Å². The van der Waals surface area contributed by atoms with Crippen molar-refractivity contribution in [1.82, 2.24) is 9.97 Å². The number of aromatic nitrogens is 2. The fourth-order valence-corrected chi connectivity index (χ4v) is 3.96. The highest BCUT2D eigenvalue weighted by Gasteiger charge is 2.19. The van der Waals surface area contributed by atoms with Crippen molar-refractivity contribution < 1.29 is 0 Å². The summed E-state index contributed by atoms with van der Waals surface area (Å²) in [5.41, 5.74) is 2.97. The van der Waals surface area contributed by atoms with Crippen LogP contribution >= 0.6 is 22.9 Å². The number of thiophene rings is 1. The molecule has 0 aliphatic rings. The molecule has 0 bridgehead atoms. The van der Waals surface area contributed by atoms with Gasteiger partial charge in [0, 0.05) is 21.4 Å². The zero-order chi connectivity index (χ0) is 16.7. The number of aryl methyl sites for hydroxylation is 2. The van der Waals surface area contributed by atoms with Crippen molar-refractivity contribution in [2.24, 2.45) is 0 Å². The van der Waals surface area contributed by atoms with E-state index in [0.29, 0.717) is 5.39 Å². The van der Waals surface area contributed by atoms with E-state index in [1.54, 1.807) is 11.3 Å². The maximum atomic E-state index is 12.7. The Balaban J connectivity index is 2.35. The van der Waals surface area contributed by atoms with Gasteiger partial charge in [0.1, 0.15) is 10.7 Å². The van der Waals surface area contributed by atoms with Crippen molar-refractivity contribution in [1.29, 1.82) is 0 Å². The molecule has 1 aromatic carbocycles. The average Bonchev–Trinajstić information content (AvgIpc) is 2.89. The summed E-state index contributed by atoms with van der Waals surface area (Å²) in [5, 5.41) is 1.43. The number of H-pyrrole nitrogens is 1. The lowest BCUT2D eigenvalue weighted by Crippen LogP contribution is -2.12. The second-order valence-corrected chi connectivity index (χ2v) is 7.49. The van der Waals surface area contributed by atoms with Crippen molar-refractivity contribution in [2.75, 3.05) is 0 Å². The van der Waals surface area contributed by atoms with Gasteiger partial charge in [-0.1, -0.05) is 38.4 Å². The number of nitrogens with one attached hydrogen (secondary N) is 1. The maximum absolute atomic E-state index is 12.7. The van der Waals surface area contributed by atoms with Crippen LogP contribution in [0.4, 0.5) is 0 Å². The molecule has 0 aliphatic carbocycles. The summed E-state index contributed by atoms with van der Waals surface area (Å²) in [5.74, 6) is 0.936. The topological polar surface area (TPSA) is 45.8 Å². The molecule has 0 saturated carbocycles. The molecule has 3 nitrogen and oxygen atoms in total. The summed E-state index contributed by atoms with van der Waals surface area (Å²) in [6.07, 6.45) is 0.870. The Labute approximate surface area is 144 Å². The monoisotopic (exact) mass is 346 g/mol. The Hall–Kier alpha value is -1.65. The van der Waals surface area contributed by atoms with Crippen LogP contribution < -0.4 is 5.56 Å². The summed E-state index contributed by atoms with van der Waals surface area (Å²) >= 11 is 7.75. The van der Waals surface area contributed by atoms with Gasteiger partial charge in [0.2, 0.25) is 0 Å². The van der Waals surface area contributed by atoms with Crippen LogP contribution in [0.5, 0.6) is 0 Å². The summed E-state index contributed by atoms with van der Waals surface area (Å²) in [6, 6.07) is 5.91. The first-order chi connectivity index (χ1) is 10.9. The highest BCUT2D eigenvalue weighted by atomic mass is 35.5. The van der Waals surface area contributed by atoms with Crippen LogP contribution in [0.25, 0.3) is 21.3 Å². The number of hydrogen-bond acceptors (Lipinski definition) is 3. The molecule has 0 fully saturated rings. The van der Waals surface area contributed by atoms with Crippen LogP contribution in [0.1, 0.15) is 43.0 Å². The molecule has 0 amide bonds. The first kappa shape index (κ1) is 16.2. The van der Waals surface area contributed by atoms with Gasteiger partial charge in [-0.25, -0.2) is 4.98 Å². The highest BCUT2D eigenvalue weighted by Crippen LogP contribution is 2.37. The zero-order valence-corrected chi connectivity index (χ0v) is 15.2. The lowest BCUT2D eigenvalue weighted by Gasteiger charge is -2.07. The van der Waals surface area contributed by atoms with Gasteiger partial charge >= 0.3 is 0 Å². The van der Waals surface area contributed by atoms with E-state index in [2.05, 4.69) is 16.9 Å². The van der Waals surface area contributed by atoms with E-state index in [1.807, 2.05) is 39.0 Å². The summed E-state index contributed by atoms with van der Waals surface area (Å²) < 4.78 is 0. The number of hydrogen-bond donors (Lipinski definition) is 1. The van der Waals surface area contributed by atoms with E-state index in [-0.39, 0.29) is 11.5 Å².